The fraction of sp³-hybridized carbons (Fsp3) is 0.875. The Morgan fingerprint density at radius 2 is 1.91 bits per heavy atom. The Morgan fingerprint density at radius 1 is 1.18 bits per heavy atom. The van der Waals surface area contributed by atoms with Crippen molar-refractivity contribution in [2.45, 2.75) is 45.6 Å². The molecular formula is C16H30N2O4. The zero-order valence-corrected chi connectivity index (χ0v) is 14.2. The van der Waals surface area contributed by atoms with Crippen molar-refractivity contribution in [2.24, 2.45) is 0 Å². The molecule has 1 saturated heterocycles. The average Bonchev–Trinajstić information content (AvgIpc) is 3.07. The molecule has 1 rings (SSSR count). The van der Waals surface area contributed by atoms with Crippen LogP contribution in [0.4, 0.5) is 0 Å². The number of amides is 1. The highest BCUT2D eigenvalue weighted by Crippen LogP contribution is 2.15. The molecule has 128 valence electrons. The van der Waals surface area contributed by atoms with Crippen LogP contribution in [0.3, 0.4) is 0 Å². The smallest absolute Gasteiger partial charge is 0.307 e. The lowest BCUT2D eigenvalue weighted by atomic mass is 10.2. The zero-order valence-electron chi connectivity index (χ0n) is 14.2. The molecule has 0 N–H and O–H groups in total. The summed E-state index contributed by atoms with van der Waals surface area (Å²) in [6.45, 7) is 8.97. The van der Waals surface area contributed by atoms with Gasteiger partial charge in [0, 0.05) is 19.7 Å². The summed E-state index contributed by atoms with van der Waals surface area (Å²) in [4.78, 5) is 27.9. The normalized spacial score (nSPS) is 17.7. The number of methoxy groups -OCH3 is 1. The molecule has 1 heterocycles. The molecule has 1 atom stereocenters. The average molecular weight is 314 g/mol. The summed E-state index contributed by atoms with van der Waals surface area (Å²) in [6.07, 6.45) is 2.53. The van der Waals surface area contributed by atoms with E-state index in [-0.39, 0.29) is 24.4 Å². The molecule has 1 aliphatic rings. The van der Waals surface area contributed by atoms with Gasteiger partial charge in [0.25, 0.3) is 5.91 Å². The van der Waals surface area contributed by atoms with E-state index in [1.165, 1.54) is 7.11 Å². The van der Waals surface area contributed by atoms with Gasteiger partial charge in [-0.2, -0.15) is 0 Å². The van der Waals surface area contributed by atoms with Crippen molar-refractivity contribution in [1.29, 1.82) is 0 Å². The van der Waals surface area contributed by atoms with Crippen molar-refractivity contribution in [3.8, 4) is 0 Å². The number of esters is 1. The van der Waals surface area contributed by atoms with Gasteiger partial charge in [-0.1, -0.05) is 13.8 Å². The van der Waals surface area contributed by atoms with E-state index in [9.17, 15) is 9.59 Å². The van der Waals surface area contributed by atoms with E-state index in [1.807, 2.05) is 0 Å². The van der Waals surface area contributed by atoms with Gasteiger partial charge in [-0.05, 0) is 38.9 Å². The summed E-state index contributed by atoms with van der Waals surface area (Å²) in [5.74, 6) is -0.269. The maximum atomic E-state index is 12.5. The molecule has 0 aromatic rings. The lowest BCUT2D eigenvalue weighted by Gasteiger charge is -2.26. The van der Waals surface area contributed by atoms with Crippen LogP contribution in [-0.4, -0.2) is 74.2 Å². The molecule has 22 heavy (non-hydrogen) atoms. The van der Waals surface area contributed by atoms with Crippen molar-refractivity contribution in [1.82, 2.24) is 9.80 Å². The topological polar surface area (TPSA) is 59.1 Å². The lowest BCUT2D eigenvalue weighted by molar-refractivity contribution is -0.144. The van der Waals surface area contributed by atoms with Crippen LogP contribution in [0, 0.1) is 0 Å². The largest absolute Gasteiger partial charge is 0.469 e. The Morgan fingerprint density at radius 3 is 2.45 bits per heavy atom. The Labute approximate surface area is 133 Å². The van der Waals surface area contributed by atoms with E-state index >= 15 is 0 Å². The molecule has 0 bridgehead atoms. The number of rotatable bonds is 10. The number of nitrogens with zero attached hydrogens (tertiary/aromatic N) is 2. The third kappa shape index (κ3) is 6.32. The molecule has 1 fully saturated rings. The maximum absolute atomic E-state index is 12.5. The third-order valence-corrected chi connectivity index (χ3v) is 4.13. The number of hydrogen-bond acceptors (Lipinski definition) is 5. The van der Waals surface area contributed by atoms with Crippen molar-refractivity contribution < 1.29 is 19.1 Å². The van der Waals surface area contributed by atoms with Crippen LogP contribution >= 0.6 is 0 Å². The Balaban J connectivity index is 2.49. The van der Waals surface area contributed by atoms with Gasteiger partial charge in [0.2, 0.25) is 0 Å². The van der Waals surface area contributed by atoms with Gasteiger partial charge >= 0.3 is 5.97 Å². The Kier molecular flexibility index (Phi) is 9.08. The standard InChI is InChI=1S/C16H30N2O4/c1-4-17(5-2)10-7-11-18(12-9-15(19)21-3)16(20)14-8-6-13-22-14/h14H,4-13H2,1-3H3. The minimum atomic E-state index is -0.328. The first-order valence-electron chi connectivity index (χ1n) is 8.31. The van der Waals surface area contributed by atoms with Crippen LogP contribution in [0.25, 0.3) is 0 Å². The Hall–Kier alpha value is -1.14. The quantitative estimate of drug-likeness (QED) is 0.569. The highest BCUT2D eigenvalue weighted by atomic mass is 16.5. The third-order valence-electron chi connectivity index (χ3n) is 4.13. The lowest BCUT2D eigenvalue weighted by Crippen LogP contribution is -2.41. The first kappa shape index (κ1) is 18.9. The summed E-state index contributed by atoms with van der Waals surface area (Å²) in [6, 6.07) is 0. The van der Waals surface area contributed by atoms with Gasteiger partial charge in [0.05, 0.1) is 13.5 Å². The number of carbonyl (C=O) groups excluding carboxylic acids is 2. The van der Waals surface area contributed by atoms with Gasteiger partial charge in [-0.25, -0.2) is 0 Å². The van der Waals surface area contributed by atoms with Crippen LogP contribution in [-0.2, 0) is 19.1 Å². The molecule has 0 saturated carbocycles. The highest BCUT2D eigenvalue weighted by Gasteiger charge is 2.28. The van der Waals surface area contributed by atoms with Crippen molar-refractivity contribution in [3.05, 3.63) is 0 Å². The van der Waals surface area contributed by atoms with E-state index in [0.717, 1.165) is 38.9 Å². The molecule has 0 aliphatic carbocycles. The minimum absolute atomic E-state index is 0.0148. The van der Waals surface area contributed by atoms with Crippen LogP contribution in [0.2, 0.25) is 0 Å². The van der Waals surface area contributed by atoms with Crippen molar-refractivity contribution in [3.63, 3.8) is 0 Å². The first-order valence-corrected chi connectivity index (χ1v) is 8.31. The molecule has 6 nitrogen and oxygen atoms in total. The van der Waals surface area contributed by atoms with E-state index in [1.54, 1.807) is 4.90 Å². The minimum Gasteiger partial charge on any atom is -0.469 e. The first-order chi connectivity index (χ1) is 10.6. The van der Waals surface area contributed by atoms with E-state index < -0.39 is 0 Å². The molecule has 1 aliphatic heterocycles. The van der Waals surface area contributed by atoms with E-state index in [4.69, 9.17) is 4.74 Å². The van der Waals surface area contributed by atoms with Crippen LogP contribution in [0.15, 0.2) is 0 Å². The number of ether oxygens (including phenoxy) is 2. The molecular weight excluding hydrogens is 284 g/mol. The summed E-state index contributed by atoms with van der Waals surface area (Å²) in [5.41, 5.74) is 0. The molecule has 0 aromatic carbocycles. The SMILES string of the molecule is CCN(CC)CCCN(CCC(=O)OC)C(=O)C1CCCO1. The second-order valence-electron chi connectivity index (χ2n) is 5.53. The summed E-state index contributed by atoms with van der Waals surface area (Å²) >= 11 is 0. The van der Waals surface area contributed by atoms with Crippen LogP contribution in [0.1, 0.15) is 39.5 Å². The van der Waals surface area contributed by atoms with E-state index in [2.05, 4.69) is 23.5 Å². The molecule has 0 radical (unpaired) electrons. The van der Waals surface area contributed by atoms with Gasteiger partial charge in [0.1, 0.15) is 6.10 Å². The number of carbonyl (C=O) groups is 2. The molecule has 1 unspecified atom stereocenters. The van der Waals surface area contributed by atoms with Gasteiger partial charge in [0.15, 0.2) is 0 Å². The summed E-state index contributed by atoms with van der Waals surface area (Å²) < 4.78 is 10.1. The monoisotopic (exact) mass is 314 g/mol. The second-order valence-corrected chi connectivity index (χ2v) is 5.53. The highest BCUT2D eigenvalue weighted by molar-refractivity contribution is 5.81. The molecule has 6 heteroatoms. The van der Waals surface area contributed by atoms with Gasteiger partial charge < -0.3 is 19.3 Å². The predicted octanol–water partition coefficient (Wildman–Crippen LogP) is 1.29. The van der Waals surface area contributed by atoms with Gasteiger partial charge in [-0.3, -0.25) is 9.59 Å². The Bertz CT molecular complexity index is 339. The summed E-state index contributed by atoms with van der Waals surface area (Å²) in [7, 11) is 1.37. The fourth-order valence-electron chi connectivity index (χ4n) is 2.66. The second kappa shape index (κ2) is 10.6. The maximum Gasteiger partial charge on any atom is 0.307 e. The zero-order chi connectivity index (χ0) is 16.4. The molecule has 0 spiro atoms. The van der Waals surface area contributed by atoms with Crippen molar-refractivity contribution >= 4 is 11.9 Å². The van der Waals surface area contributed by atoms with Gasteiger partial charge in [-0.15, -0.1) is 0 Å². The van der Waals surface area contributed by atoms with Crippen LogP contribution < -0.4 is 0 Å². The molecule has 0 aromatic heterocycles. The summed E-state index contributed by atoms with van der Waals surface area (Å²) in [5, 5.41) is 0. The van der Waals surface area contributed by atoms with Crippen molar-refractivity contribution in [2.75, 3.05) is 46.4 Å². The molecule has 1 amide bonds. The predicted molar refractivity (Wildman–Crippen MR) is 84.6 cm³/mol. The number of hydrogen-bond donors (Lipinski definition) is 0. The van der Waals surface area contributed by atoms with E-state index in [0.29, 0.717) is 19.7 Å². The fourth-order valence-corrected chi connectivity index (χ4v) is 2.66. The van der Waals surface area contributed by atoms with Crippen LogP contribution in [0.5, 0.6) is 0 Å².